The van der Waals surface area contributed by atoms with Crippen LogP contribution in [0.5, 0.6) is 5.75 Å². The van der Waals surface area contributed by atoms with Crippen molar-refractivity contribution in [1.29, 1.82) is 0 Å². The van der Waals surface area contributed by atoms with Gasteiger partial charge in [0.1, 0.15) is 16.9 Å². The normalized spacial score (nSPS) is 18.0. The molecule has 4 heteroatoms. The van der Waals surface area contributed by atoms with Gasteiger partial charge in [0.25, 0.3) is 0 Å². The predicted molar refractivity (Wildman–Crippen MR) is 87.8 cm³/mol. The van der Waals surface area contributed by atoms with Gasteiger partial charge in [-0.2, -0.15) is 0 Å². The summed E-state index contributed by atoms with van der Waals surface area (Å²) < 4.78 is 100. The van der Waals surface area contributed by atoms with Gasteiger partial charge in [0.2, 0.25) is 0 Å². The molecular weight excluding hydrogens is 275 g/mol. The van der Waals surface area contributed by atoms with Crippen LogP contribution in [0.4, 0.5) is 0 Å². The maximum atomic E-state index is 8.90. The Morgan fingerprint density at radius 3 is 2.36 bits per heavy atom. The third-order valence-corrected chi connectivity index (χ3v) is 2.91. The Hall–Kier alpha value is -2.72. The van der Waals surface area contributed by atoms with Crippen LogP contribution in [0.1, 0.15) is 15.1 Å². The average Bonchev–Trinajstić information content (AvgIpc) is 3.20. The fourth-order valence-electron chi connectivity index (χ4n) is 1.98. The first-order valence-corrected chi connectivity index (χ1v) is 6.11. The molecule has 1 N–H and O–H groups in total. The maximum Gasteiger partial charge on any atom is 0.569 e. The van der Waals surface area contributed by atoms with E-state index in [4.69, 9.17) is 29.2 Å². The van der Waals surface area contributed by atoms with E-state index < -0.39 is 83.3 Å². The molecule has 105 valence electrons. The Bertz CT molecular complexity index is 1470. The van der Waals surface area contributed by atoms with Crippen molar-refractivity contribution >= 4 is 29.6 Å². The summed E-state index contributed by atoms with van der Waals surface area (Å²) in [6, 6.07) is -6.79. The zero-order chi connectivity index (χ0) is 24.5. The topological polar surface area (TPSA) is 42.6 Å². The first kappa shape index (κ1) is 5.82. The minimum Gasteiger partial charge on any atom is -0.537 e. The zero-order valence-corrected chi connectivity index (χ0v) is 10.8. The highest BCUT2D eigenvalue weighted by Gasteiger charge is 2.09. The summed E-state index contributed by atoms with van der Waals surface area (Å²) in [5, 5.41) is 8.51. The van der Waals surface area contributed by atoms with Crippen LogP contribution in [-0.2, 0) is 0 Å². The molecular formula is C18H12BO3. The van der Waals surface area contributed by atoms with Gasteiger partial charge in [-0.15, -0.1) is 0 Å². The molecule has 3 nitrogen and oxygen atoms in total. The van der Waals surface area contributed by atoms with E-state index in [1.807, 2.05) is 0 Å². The lowest BCUT2D eigenvalue weighted by Crippen LogP contribution is -1.98. The number of rotatable bonds is 3. The fraction of sp³-hybridized carbons (Fsp3) is 0. The van der Waals surface area contributed by atoms with Crippen LogP contribution in [-0.4, -0.2) is 12.7 Å². The summed E-state index contributed by atoms with van der Waals surface area (Å²) in [5.41, 5.74) is -1.58. The third-order valence-electron chi connectivity index (χ3n) is 2.91. The second-order valence-corrected chi connectivity index (χ2v) is 4.19. The van der Waals surface area contributed by atoms with Crippen LogP contribution >= 0.6 is 0 Å². The summed E-state index contributed by atoms with van der Waals surface area (Å²) >= 11 is 0. The lowest BCUT2D eigenvalue weighted by atomic mass is 10.0. The summed E-state index contributed by atoms with van der Waals surface area (Å²) in [6.07, 6.45) is 0. The number of hydrogen-bond donors (Lipinski definition) is 1. The molecule has 0 fully saturated rings. The molecule has 0 saturated carbocycles. The summed E-state index contributed by atoms with van der Waals surface area (Å²) in [4.78, 5) is 0. The SMILES string of the molecule is [2H]c1c([2H])c([2H])c(-c2c([2H])c([2H])c3c(oc4c([2H])c(O[B]O)c([2H])c([2H])c43)c2[2H])c([2H])c1[2H]. The molecule has 1 heterocycles. The summed E-state index contributed by atoms with van der Waals surface area (Å²) in [7, 11) is 0.226. The minimum atomic E-state index is -0.677. The van der Waals surface area contributed by atoms with E-state index >= 15 is 0 Å². The van der Waals surface area contributed by atoms with Gasteiger partial charge >= 0.3 is 7.69 Å². The molecule has 4 rings (SSSR count). The van der Waals surface area contributed by atoms with Crippen LogP contribution in [0.3, 0.4) is 0 Å². The van der Waals surface area contributed by atoms with Crippen molar-refractivity contribution in [1.82, 2.24) is 0 Å². The second kappa shape index (κ2) is 5.24. The van der Waals surface area contributed by atoms with Crippen molar-refractivity contribution in [2.75, 3.05) is 0 Å². The van der Waals surface area contributed by atoms with Gasteiger partial charge in [-0.1, -0.05) is 36.3 Å². The van der Waals surface area contributed by atoms with Crippen LogP contribution in [0.15, 0.2) is 70.9 Å². The fourth-order valence-corrected chi connectivity index (χ4v) is 1.98. The van der Waals surface area contributed by atoms with Crippen LogP contribution in [0.2, 0.25) is 0 Å². The number of benzene rings is 3. The van der Waals surface area contributed by atoms with E-state index in [0.717, 1.165) is 0 Å². The molecule has 0 aliphatic carbocycles. The molecule has 0 saturated heterocycles. The molecule has 22 heavy (non-hydrogen) atoms. The van der Waals surface area contributed by atoms with Gasteiger partial charge in [0.05, 0.1) is 15.1 Å². The molecule has 0 aliphatic heterocycles. The smallest absolute Gasteiger partial charge is 0.537 e. The summed E-state index contributed by atoms with van der Waals surface area (Å²) in [5.74, 6) is -0.496. The molecule has 1 radical (unpaired) electrons. The number of hydrogen-bond acceptors (Lipinski definition) is 3. The van der Waals surface area contributed by atoms with E-state index in [2.05, 4.69) is 0 Å². The molecule has 0 aliphatic rings. The van der Waals surface area contributed by atoms with Crippen molar-refractivity contribution < 1.29 is 29.2 Å². The Labute approximate surface area is 143 Å². The van der Waals surface area contributed by atoms with Gasteiger partial charge in [-0.25, -0.2) is 0 Å². The molecule has 0 unspecified atom stereocenters. The molecule has 0 amide bonds. The van der Waals surface area contributed by atoms with Crippen molar-refractivity contribution in [3.05, 3.63) is 66.5 Å². The van der Waals surface area contributed by atoms with Crippen molar-refractivity contribution in [2.24, 2.45) is 0 Å². The van der Waals surface area contributed by atoms with E-state index in [1.165, 1.54) is 0 Å². The zero-order valence-electron chi connectivity index (χ0n) is 21.8. The third kappa shape index (κ3) is 2.14. The largest absolute Gasteiger partial charge is 0.569 e. The molecule has 3 aromatic carbocycles. The molecule has 1 aromatic heterocycles. The first-order valence-electron chi connectivity index (χ1n) is 11.6. The van der Waals surface area contributed by atoms with E-state index in [0.29, 0.717) is 0 Å². The number of fused-ring (bicyclic) bond motifs is 3. The Morgan fingerprint density at radius 2 is 1.59 bits per heavy atom. The Balaban J connectivity index is 2.22. The van der Waals surface area contributed by atoms with E-state index in [-0.39, 0.29) is 29.6 Å². The molecule has 0 bridgehead atoms. The van der Waals surface area contributed by atoms with Crippen molar-refractivity contribution in [3.8, 4) is 16.9 Å². The average molecular weight is 298 g/mol. The number of furan rings is 1. The van der Waals surface area contributed by atoms with Crippen molar-refractivity contribution in [3.63, 3.8) is 0 Å². The highest BCUT2D eigenvalue weighted by molar-refractivity contribution is 6.17. The van der Waals surface area contributed by atoms with E-state index in [9.17, 15) is 0 Å². The minimum absolute atomic E-state index is 0.190. The second-order valence-electron chi connectivity index (χ2n) is 4.19. The van der Waals surface area contributed by atoms with Crippen molar-refractivity contribution in [2.45, 2.75) is 0 Å². The first-order chi connectivity index (χ1) is 15.4. The van der Waals surface area contributed by atoms with Crippen LogP contribution < -0.4 is 4.65 Å². The Morgan fingerprint density at radius 1 is 0.864 bits per heavy atom. The van der Waals surface area contributed by atoms with Gasteiger partial charge in [0.15, 0.2) is 0 Å². The highest BCUT2D eigenvalue weighted by atomic mass is 16.5. The van der Waals surface area contributed by atoms with Gasteiger partial charge in [0, 0.05) is 16.8 Å². The Kier molecular flexibility index (Phi) is 1.39. The van der Waals surface area contributed by atoms with Crippen LogP contribution in [0.25, 0.3) is 33.1 Å². The quantitative estimate of drug-likeness (QED) is 0.577. The lowest BCUT2D eigenvalue weighted by Gasteiger charge is -2.00. The van der Waals surface area contributed by atoms with Gasteiger partial charge in [-0.3, -0.25) is 0 Å². The summed E-state index contributed by atoms with van der Waals surface area (Å²) in [6.45, 7) is 0. The lowest BCUT2D eigenvalue weighted by molar-refractivity contribution is 0.453. The van der Waals surface area contributed by atoms with E-state index in [1.54, 1.807) is 0 Å². The van der Waals surface area contributed by atoms with Gasteiger partial charge in [-0.05, 0) is 35.3 Å². The monoisotopic (exact) mass is 298 g/mol. The molecule has 0 spiro atoms. The van der Waals surface area contributed by atoms with Crippen LogP contribution in [0, 0.1) is 0 Å². The maximum absolute atomic E-state index is 8.90. The predicted octanol–water partition coefficient (Wildman–Crippen LogP) is 4.16. The molecule has 0 atom stereocenters. The molecule has 4 aromatic rings. The standard InChI is InChI=1S/C18H12BO3/c20-19-22-14-7-9-16-15-8-6-13(12-4-2-1-3-5-12)10-17(15)21-18(16)11-14/h1-11,20H/i1D,2D,3D,4D,5D,6D,7D,8D,9D,10D,11D. The van der Waals surface area contributed by atoms with Gasteiger partial charge < -0.3 is 14.1 Å². The highest BCUT2D eigenvalue weighted by Crippen LogP contribution is 2.33.